The Labute approximate surface area is 195 Å². The normalized spacial score (nSPS) is 36.1. The summed E-state index contributed by atoms with van der Waals surface area (Å²) in [6.07, 6.45) is 17.6. The highest BCUT2D eigenvalue weighted by Crippen LogP contribution is 2.62. The molecule has 0 aromatic rings. The minimum Gasteiger partial charge on any atom is -0.327 e. The molecule has 2 bridgehead atoms. The minimum absolute atomic E-state index is 0.293. The molecule has 32 heavy (non-hydrogen) atoms. The lowest BCUT2D eigenvalue weighted by Gasteiger charge is -2.60. The van der Waals surface area contributed by atoms with Crippen LogP contribution in [-0.4, -0.2) is 78.6 Å². The molecule has 4 atom stereocenters. The molecule has 4 unspecified atom stereocenters. The number of rotatable bonds is 7. The van der Waals surface area contributed by atoms with Gasteiger partial charge in [-0.1, -0.05) is 38.2 Å². The lowest BCUT2D eigenvalue weighted by molar-refractivity contribution is -0.136. The zero-order chi connectivity index (χ0) is 22.3. The van der Waals surface area contributed by atoms with Gasteiger partial charge in [-0.15, -0.1) is 0 Å². The Morgan fingerprint density at radius 1 is 1.12 bits per heavy atom. The largest absolute Gasteiger partial charge is 0.327 e. The molecular weight excluding hydrogens is 396 g/mol. The van der Waals surface area contributed by atoms with E-state index in [1.807, 2.05) is 7.05 Å². The van der Waals surface area contributed by atoms with Gasteiger partial charge in [0.05, 0.1) is 6.67 Å². The average molecular weight is 441 g/mol. The number of amides is 1. The van der Waals surface area contributed by atoms with E-state index in [9.17, 15) is 4.79 Å². The third kappa shape index (κ3) is 3.78. The minimum atomic E-state index is -0.293. The number of nitrogens with one attached hydrogen (secondary N) is 1. The van der Waals surface area contributed by atoms with E-state index in [0.717, 1.165) is 69.9 Å². The number of piperidine rings is 1. The molecule has 0 aromatic heterocycles. The van der Waals surface area contributed by atoms with E-state index in [0.29, 0.717) is 17.4 Å². The van der Waals surface area contributed by atoms with Gasteiger partial charge in [0, 0.05) is 32.2 Å². The molecule has 0 aromatic carbocycles. The van der Waals surface area contributed by atoms with Crippen LogP contribution in [0.25, 0.3) is 0 Å². The summed E-state index contributed by atoms with van der Waals surface area (Å²) in [6.45, 7) is 10.8. The van der Waals surface area contributed by atoms with E-state index in [2.05, 4.69) is 58.2 Å². The van der Waals surface area contributed by atoms with Gasteiger partial charge in [0.15, 0.2) is 0 Å². The lowest BCUT2D eigenvalue weighted by atomic mass is 9.45. The summed E-state index contributed by atoms with van der Waals surface area (Å²) in [4.78, 5) is 21.0. The summed E-state index contributed by atoms with van der Waals surface area (Å²) in [6, 6.07) is 0.353. The Hall–Kier alpha value is -1.17. The molecule has 2 aliphatic heterocycles. The highest BCUT2D eigenvalue weighted by molar-refractivity contribution is 5.88. The molecule has 2 heterocycles. The fourth-order valence-electron chi connectivity index (χ4n) is 7.74. The van der Waals surface area contributed by atoms with Crippen molar-refractivity contribution in [3.8, 4) is 0 Å². The number of likely N-dealkylation sites (N-methyl/N-ethyl adjacent to an activating group) is 1. The summed E-state index contributed by atoms with van der Waals surface area (Å²) in [5, 5.41) is 3.22. The predicted octanol–water partition coefficient (Wildman–Crippen LogP) is 3.49. The van der Waals surface area contributed by atoms with Crippen LogP contribution in [0, 0.1) is 23.2 Å². The first-order valence-electron chi connectivity index (χ1n) is 13.2. The van der Waals surface area contributed by atoms with Crippen LogP contribution in [0.3, 0.4) is 0 Å². The van der Waals surface area contributed by atoms with Gasteiger partial charge in [-0.3, -0.25) is 9.69 Å². The Kier molecular flexibility index (Phi) is 6.28. The summed E-state index contributed by atoms with van der Waals surface area (Å²) in [5.74, 6) is 3.25. The third-order valence-corrected chi connectivity index (χ3v) is 10.0. The molecule has 6 aliphatic rings. The molecule has 1 spiro atoms. The molecule has 0 radical (unpaired) electrons. The quantitative estimate of drug-likeness (QED) is 0.658. The molecule has 5 fully saturated rings. The third-order valence-electron chi connectivity index (χ3n) is 10.0. The van der Waals surface area contributed by atoms with E-state index >= 15 is 0 Å². The summed E-state index contributed by atoms with van der Waals surface area (Å²) >= 11 is 0. The molecule has 4 aliphatic carbocycles. The zero-order valence-corrected chi connectivity index (χ0v) is 20.6. The van der Waals surface area contributed by atoms with E-state index in [-0.39, 0.29) is 5.54 Å². The van der Waals surface area contributed by atoms with Crippen molar-refractivity contribution in [1.29, 1.82) is 0 Å². The van der Waals surface area contributed by atoms with Crippen LogP contribution >= 0.6 is 0 Å². The van der Waals surface area contributed by atoms with Crippen LogP contribution in [0.15, 0.2) is 24.3 Å². The average Bonchev–Trinajstić information content (AvgIpc) is 3.09. The number of hydrogen-bond donors (Lipinski definition) is 1. The first-order valence-corrected chi connectivity index (χ1v) is 13.2. The van der Waals surface area contributed by atoms with Crippen molar-refractivity contribution in [2.45, 2.75) is 70.4 Å². The number of nitrogens with zero attached hydrogens (tertiary/aromatic N) is 3. The smallest absolute Gasteiger partial charge is 0.244 e. The fraction of sp³-hybridized carbons (Fsp3) is 0.815. The van der Waals surface area contributed by atoms with Gasteiger partial charge in [0.1, 0.15) is 5.54 Å². The molecule has 1 amide bonds. The lowest BCUT2D eigenvalue weighted by Crippen LogP contribution is -2.58. The summed E-state index contributed by atoms with van der Waals surface area (Å²) < 4.78 is 0. The van der Waals surface area contributed by atoms with Crippen LogP contribution in [0.5, 0.6) is 0 Å². The van der Waals surface area contributed by atoms with Crippen molar-refractivity contribution in [2.24, 2.45) is 23.2 Å². The van der Waals surface area contributed by atoms with Gasteiger partial charge in [-0.05, 0) is 81.7 Å². The highest BCUT2D eigenvalue weighted by atomic mass is 16.2. The van der Waals surface area contributed by atoms with E-state index in [1.54, 1.807) is 0 Å². The Balaban J connectivity index is 1.21. The van der Waals surface area contributed by atoms with Gasteiger partial charge >= 0.3 is 0 Å². The number of likely N-dealkylation sites (tertiary alicyclic amines) is 1. The van der Waals surface area contributed by atoms with Gasteiger partial charge in [-0.2, -0.15) is 0 Å². The second kappa shape index (κ2) is 8.88. The van der Waals surface area contributed by atoms with Crippen LogP contribution in [0.2, 0.25) is 0 Å². The number of allylic oxidation sites excluding steroid dienone is 2. The van der Waals surface area contributed by atoms with Crippen molar-refractivity contribution in [2.75, 3.05) is 46.4 Å². The fourth-order valence-corrected chi connectivity index (χ4v) is 7.74. The second-order valence-corrected chi connectivity index (χ2v) is 11.8. The maximum absolute atomic E-state index is 13.7. The van der Waals surface area contributed by atoms with E-state index in [1.165, 1.54) is 32.2 Å². The van der Waals surface area contributed by atoms with Crippen molar-refractivity contribution in [3.63, 3.8) is 0 Å². The standard InChI is InChI=1S/C27H44N4O/c1-26(2)22-10-9-21(24(26)19-22)11-15-29-16-12-27(13-17-29)25(32)30(18-14-28-3)20-31(27)23-7-5-4-6-8-23/h4-7,21-24,28H,8-20H2,1-3H3. The number of carbonyl (C=O) groups is 1. The molecule has 2 saturated heterocycles. The van der Waals surface area contributed by atoms with Gasteiger partial charge in [0.2, 0.25) is 5.91 Å². The summed E-state index contributed by atoms with van der Waals surface area (Å²) in [5.41, 5.74) is 0.295. The van der Waals surface area contributed by atoms with Crippen LogP contribution in [0.1, 0.15) is 58.8 Å². The molecule has 5 heteroatoms. The molecule has 6 rings (SSSR count). The van der Waals surface area contributed by atoms with Gasteiger partial charge in [-0.25, -0.2) is 0 Å². The van der Waals surface area contributed by atoms with Crippen molar-refractivity contribution < 1.29 is 4.79 Å². The zero-order valence-electron chi connectivity index (χ0n) is 20.6. The monoisotopic (exact) mass is 440 g/mol. The second-order valence-electron chi connectivity index (χ2n) is 11.8. The highest BCUT2D eigenvalue weighted by Gasteiger charge is 2.56. The van der Waals surface area contributed by atoms with Crippen LogP contribution in [0.4, 0.5) is 0 Å². The predicted molar refractivity (Wildman–Crippen MR) is 130 cm³/mol. The number of carbonyl (C=O) groups excluding carboxylic acids is 1. The first-order chi connectivity index (χ1) is 15.5. The Bertz CT molecular complexity index is 749. The van der Waals surface area contributed by atoms with E-state index in [4.69, 9.17) is 0 Å². The van der Waals surface area contributed by atoms with Crippen molar-refractivity contribution in [3.05, 3.63) is 24.3 Å². The van der Waals surface area contributed by atoms with Gasteiger partial charge in [0.25, 0.3) is 0 Å². The van der Waals surface area contributed by atoms with Crippen molar-refractivity contribution >= 4 is 5.91 Å². The number of fused-ring (bicyclic) bond motifs is 2. The molecule has 5 nitrogen and oxygen atoms in total. The molecule has 178 valence electrons. The molecule has 3 saturated carbocycles. The SMILES string of the molecule is CNCCN1CN(C2C=CC=CC2)C2(CCN(CCC3CCC4CC3C4(C)C)CC2)C1=O. The molecule has 1 N–H and O–H groups in total. The first kappa shape index (κ1) is 22.6. The van der Waals surface area contributed by atoms with Crippen molar-refractivity contribution in [1.82, 2.24) is 20.0 Å². The maximum Gasteiger partial charge on any atom is 0.244 e. The van der Waals surface area contributed by atoms with Gasteiger partial charge < -0.3 is 15.1 Å². The number of hydrogen-bond acceptors (Lipinski definition) is 4. The summed E-state index contributed by atoms with van der Waals surface area (Å²) in [7, 11) is 1.97. The maximum atomic E-state index is 13.7. The molecular formula is C27H44N4O. The van der Waals surface area contributed by atoms with E-state index < -0.39 is 0 Å². The van der Waals surface area contributed by atoms with Crippen LogP contribution < -0.4 is 5.32 Å². The van der Waals surface area contributed by atoms with Crippen LogP contribution in [-0.2, 0) is 4.79 Å². The topological polar surface area (TPSA) is 38.8 Å². The Morgan fingerprint density at radius 2 is 1.94 bits per heavy atom. The Morgan fingerprint density at radius 3 is 2.59 bits per heavy atom.